The van der Waals surface area contributed by atoms with E-state index in [-0.39, 0.29) is 5.92 Å². The van der Waals surface area contributed by atoms with Crippen LogP contribution in [0.15, 0.2) is 46.9 Å². The Balaban J connectivity index is 2.23. The highest BCUT2D eigenvalue weighted by molar-refractivity contribution is 9.10. The van der Waals surface area contributed by atoms with E-state index in [0.29, 0.717) is 12.0 Å². The van der Waals surface area contributed by atoms with E-state index in [9.17, 15) is 8.78 Å². The van der Waals surface area contributed by atoms with Gasteiger partial charge >= 0.3 is 0 Å². The maximum atomic E-state index is 13.9. The van der Waals surface area contributed by atoms with Crippen LogP contribution in [-0.4, -0.2) is 13.1 Å². The number of rotatable bonds is 6. The minimum absolute atomic E-state index is 0.141. The van der Waals surface area contributed by atoms with Crippen molar-refractivity contribution >= 4 is 15.9 Å². The molecule has 2 aromatic rings. The fourth-order valence-electron chi connectivity index (χ4n) is 2.34. The first kappa shape index (κ1) is 16.1. The van der Waals surface area contributed by atoms with Crippen molar-refractivity contribution in [3.63, 3.8) is 0 Å². The maximum Gasteiger partial charge on any atom is 0.129 e. The van der Waals surface area contributed by atoms with Gasteiger partial charge in [0.25, 0.3) is 0 Å². The Hall–Kier alpha value is -1.26. The van der Waals surface area contributed by atoms with Gasteiger partial charge in [-0.3, -0.25) is 0 Å². The Kier molecular flexibility index (Phi) is 5.88. The number of nitrogens with one attached hydrogen (secondary N) is 1. The van der Waals surface area contributed by atoms with Crippen LogP contribution >= 0.6 is 15.9 Å². The molecule has 1 unspecified atom stereocenters. The lowest BCUT2D eigenvalue weighted by Crippen LogP contribution is -2.23. The summed E-state index contributed by atoms with van der Waals surface area (Å²) < 4.78 is 27.9. The number of benzene rings is 2. The summed E-state index contributed by atoms with van der Waals surface area (Å²) in [6.45, 7) is 3.65. The van der Waals surface area contributed by atoms with Crippen LogP contribution in [0.2, 0.25) is 0 Å². The van der Waals surface area contributed by atoms with E-state index in [2.05, 4.69) is 21.2 Å². The molecule has 2 rings (SSSR count). The van der Waals surface area contributed by atoms with Crippen molar-refractivity contribution in [3.8, 4) is 0 Å². The highest BCUT2D eigenvalue weighted by atomic mass is 79.9. The molecule has 1 atom stereocenters. The summed E-state index contributed by atoms with van der Waals surface area (Å²) >= 11 is 3.46. The van der Waals surface area contributed by atoms with Gasteiger partial charge in [-0.2, -0.15) is 0 Å². The highest BCUT2D eigenvalue weighted by Crippen LogP contribution is 2.25. The lowest BCUT2D eigenvalue weighted by molar-refractivity contribution is 0.547. The monoisotopic (exact) mass is 353 g/mol. The first-order chi connectivity index (χ1) is 10.1. The van der Waals surface area contributed by atoms with E-state index < -0.39 is 11.6 Å². The molecule has 0 aliphatic rings. The van der Waals surface area contributed by atoms with Gasteiger partial charge in [0.05, 0.1) is 0 Å². The summed E-state index contributed by atoms with van der Waals surface area (Å²) in [7, 11) is 0. The van der Waals surface area contributed by atoms with Gasteiger partial charge in [0.1, 0.15) is 11.6 Å². The van der Waals surface area contributed by atoms with E-state index in [1.807, 2.05) is 31.2 Å². The fourth-order valence-corrected chi connectivity index (χ4v) is 2.76. The normalized spacial score (nSPS) is 12.4. The van der Waals surface area contributed by atoms with Crippen molar-refractivity contribution in [3.05, 3.63) is 69.7 Å². The number of hydrogen-bond donors (Lipinski definition) is 1. The Morgan fingerprint density at radius 1 is 1.14 bits per heavy atom. The van der Waals surface area contributed by atoms with Crippen LogP contribution in [0.25, 0.3) is 0 Å². The van der Waals surface area contributed by atoms with E-state index in [1.54, 1.807) is 0 Å². The van der Waals surface area contributed by atoms with Crippen LogP contribution in [0, 0.1) is 11.6 Å². The topological polar surface area (TPSA) is 12.0 Å². The molecule has 0 saturated heterocycles. The molecule has 2 aromatic carbocycles. The van der Waals surface area contributed by atoms with Gasteiger partial charge in [0.2, 0.25) is 0 Å². The van der Waals surface area contributed by atoms with Crippen molar-refractivity contribution in [2.24, 2.45) is 0 Å². The zero-order valence-electron chi connectivity index (χ0n) is 11.9. The van der Waals surface area contributed by atoms with Crippen LogP contribution in [0.1, 0.15) is 24.0 Å². The van der Waals surface area contributed by atoms with E-state index in [1.165, 1.54) is 12.1 Å². The summed E-state index contributed by atoms with van der Waals surface area (Å²) in [6.07, 6.45) is 0.537. The van der Waals surface area contributed by atoms with E-state index in [4.69, 9.17) is 0 Å². The van der Waals surface area contributed by atoms with Crippen LogP contribution in [0.5, 0.6) is 0 Å². The van der Waals surface area contributed by atoms with Gasteiger partial charge in [0, 0.05) is 23.0 Å². The van der Waals surface area contributed by atoms with Crippen LogP contribution in [-0.2, 0) is 6.42 Å². The zero-order valence-corrected chi connectivity index (χ0v) is 13.5. The Morgan fingerprint density at radius 3 is 2.62 bits per heavy atom. The summed E-state index contributed by atoms with van der Waals surface area (Å²) in [5.74, 6) is -0.879. The molecule has 1 nitrogen and oxygen atoms in total. The molecule has 21 heavy (non-hydrogen) atoms. The zero-order chi connectivity index (χ0) is 15.2. The summed E-state index contributed by atoms with van der Waals surface area (Å²) in [4.78, 5) is 0. The third-order valence-electron chi connectivity index (χ3n) is 3.44. The molecule has 0 aliphatic carbocycles. The first-order valence-corrected chi connectivity index (χ1v) is 7.79. The minimum atomic E-state index is -0.540. The molecule has 0 bridgehead atoms. The second-order valence-electron chi connectivity index (χ2n) is 5.00. The Labute approximate surface area is 132 Å². The second-order valence-corrected chi connectivity index (χ2v) is 5.92. The molecule has 112 valence electrons. The molecule has 4 heteroatoms. The predicted octanol–water partition coefficient (Wildman–Crippen LogP) is 4.66. The average Bonchev–Trinajstić information content (AvgIpc) is 2.45. The summed E-state index contributed by atoms with van der Waals surface area (Å²) in [5, 5.41) is 3.31. The Bertz CT molecular complexity index is 601. The maximum absolute atomic E-state index is 13.9. The van der Waals surface area contributed by atoms with Gasteiger partial charge in [-0.1, -0.05) is 41.1 Å². The largest absolute Gasteiger partial charge is 0.316 e. The summed E-state index contributed by atoms with van der Waals surface area (Å²) in [5.41, 5.74) is 1.67. The number of halogens is 3. The van der Waals surface area contributed by atoms with Crippen molar-refractivity contribution in [1.82, 2.24) is 5.32 Å². The van der Waals surface area contributed by atoms with E-state index in [0.717, 1.165) is 29.2 Å². The second kappa shape index (κ2) is 7.66. The van der Waals surface area contributed by atoms with E-state index >= 15 is 0 Å². The van der Waals surface area contributed by atoms with Crippen molar-refractivity contribution in [2.45, 2.75) is 19.3 Å². The highest BCUT2D eigenvalue weighted by Gasteiger charge is 2.15. The molecule has 0 amide bonds. The molecule has 0 saturated carbocycles. The van der Waals surface area contributed by atoms with Crippen LogP contribution in [0.4, 0.5) is 8.78 Å². The number of likely N-dealkylation sites (N-methyl/N-ethyl adjacent to an activating group) is 1. The lowest BCUT2D eigenvalue weighted by Gasteiger charge is -2.19. The van der Waals surface area contributed by atoms with Gasteiger partial charge < -0.3 is 5.32 Å². The molecule has 0 aliphatic heterocycles. The quantitative estimate of drug-likeness (QED) is 0.795. The van der Waals surface area contributed by atoms with Gasteiger partial charge in [-0.15, -0.1) is 0 Å². The van der Waals surface area contributed by atoms with Gasteiger partial charge in [-0.05, 0) is 42.3 Å². The smallest absolute Gasteiger partial charge is 0.129 e. The van der Waals surface area contributed by atoms with Crippen molar-refractivity contribution in [2.75, 3.05) is 13.1 Å². The fraction of sp³-hybridized carbons (Fsp3) is 0.294. The van der Waals surface area contributed by atoms with Crippen molar-refractivity contribution < 1.29 is 8.78 Å². The number of hydrogen-bond acceptors (Lipinski definition) is 1. The first-order valence-electron chi connectivity index (χ1n) is 7.00. The molecular weight excluding hydrogens is 336 g/mol. The minimum Gasteiger partial charge on any atom is -0.316 e. The standard InChI is InChI=1S/C17H18BrF2N/c1-2-21-11-14(12-4-3-5-15(18)9-12)8-13-6-7-16(19)10-17(13)20/h3-7,9-10,14,21H,2,8,11H2,1H3. The molecule has 0 radical (unpaired) electrons. The molecule has 0 fully saturated rings. The van der Waals surface area contributed by atoms with Crippen LogP contribution < -0.4 is 5.32 Å². The SMILES string of the molecule is CCNCC(Cc1ccc(F)cc1F)c1cccc(Br)c1. The molecule has 1 N–H and O–H groups in total. The Morgan fingerprint density at radius 2 is 1.95 bits per heavy atom. The van der Waals surface area contributed by atoms with Crippen molar-refractivity contribution in [1.29, 1.82) is 0 Å². The molecule has 0 aromatic heterocycles. The lowest BCUT2D eigenvalue weighted by atomic mass is 9.91. The molecule has 0 spiro atoms. The van der Waals surface area contributed by atoms with Gasteiger partial charge in [-0.25, -0.2) is 8.78 Å². The summed E-state index contributed by atoms with van der Waals surface area (Å²) in [6, 6.07) is 11.8. The average molecular weight is 354 g/mol. The molecular formula is C17H18BrF2N. The molecule has 0 heterocycles. The predicted molar refractivity (Wildman–Crippen MR) is 85.5 cm³/mol. The van der Waals surface area contributed by atoms with Crippen LogP contribution in [0.3, 0.4) is 0 Å². The third-order valence-corrected chi connectivity index (χ3v) is 3.94. The van der Waals surface area contributed by atoms with Gasteiger partial charge in [0.15, 0.2) is 0 Å². The third kappa shape index (κ3) is 4.61.